The Bertz CT molecular complexity index is 629. The SMILES string of the molecule is CC(=O)Nc1nc(CN2CCOC(c3ccccc3)C2)cs1. The van der Waals surface area contributed by atoms with Crippen LogP contribution in [0.5, 0.6) is 0 Å². The number of carbonyl (C=O) groups is 1. The van der Waals surface area contributed by atoms with Crippen LogP contribution in [0.15, 0.2) is 35.7 Å². The number of nitrogens with zero attached hydrogens (tertiary/aromatic N) is 2. The quantitative estimate of drug-likeness (QED) is 0.942. The van der Waals surface area contributed by atoms with Crippen LogP contribution in [0.4, 0.5) is 5.13 Å². The van der Waals surface area contributed by atoms with Crippen LogP contribution < -0.4 is 5.32 Å². The lowest BCUT2D eigenvalue weighted by atomic mass is 10.1. The van der Waals surface area contributed by atoms with Crippen LogP contribution in [-0.2, 0) is 16.1 Å². The molecule has 0 spiro atoms. The van der Waals surface area contributed by atoms with Gasteiger partial charge in [0, 0.05) is 31.9 Å². The average molecular weight is 317 g/mol. The van der Waals surface area contributed by atoms with E-state index in [1.165, 1.54) is 23.8 Å². The van der Waals surface area contributed by atoms with Crippen LogP contribution >= 0.6 is 11.3 Å². The predicted molar refractivity (Wildman–Crippen MR) is 86.8 cm³/mol. The Morgan fingerprint density at radius 3 is 3.05 bits per heavy atom. The third-order valence-electron chi connectivity index (χ3n) is 3.54. The monoisotopic (exact) mass is 317 g/mol. The number of ether oxygens (including phenoxy) is 1. The summed E-state index contributed by atoms with van der Waals surface area (Å²) in [4.78, 5) is 17.8. The van der Waals surface area contributed by atoms with Gasteiger partial charge in [0.05, 0.1) is 18.4 Å². The average Bonchev–Trinajstić information content (AvgIpc) is 2.94. The molecule has 3 rings (SSSR count). The lowest BCUT2D eigenvalue weighted by Gasteiger charge is -2.32. The predicted octanol–water partition coefficient (Wildman–Crippen LogP) is 2.68. The number of aromatic nitrogens is 1. The summed E-state index contributed by atoms with van der Waals surface area (Å²) in [5, 5.41) is 5.38. The van der Waals surface area contributed by atoms with Gasteiger partial charge in [0.1, 0.15) is 0 Å². The van der Waals surface area contributed by atoms with Gasteiger partial charge in [-0.15, -0.1) is 11.3 Å². The molecule has 6 heteroatoms. The van der Waals surface area contributed by atoms with Crippen molar-refractivity contribution in [1.82, 2.24) is 9.88 Å². The van der Waals surface area contributed by atoms with Gasteiger partial charge >= 0.3 is 0 Å². The molecule has 22 heavy (non-hydrogen) atoms. The second kappa shape index (κ2) is 7.00. The van der Waals surface area contributed by atoms with Crippen molar-refractivity contribution >= 4 is 22.4 Å². The van der Waals surface area contributed by atoms with Crippen LogP contribution in [0.1, 0.15) is 24.3 Å². The van der Waals surface area contributed by atoms with Gasteiger partial charge in [-0.2, -0.15) is 0 Å². The van der Waals surface area contributed by atoms with E-state index in [-0.39, 0.29) is 12.0 Å². The van der Waals surface area contributed by atoms with Crippen LogP contribution in [0.3, 0.4) is 0 Å². The number of thiazole rings is 1. The largest absolute Gasteiger partial charge is 0.371 e. The Morgan fingerprint density at radius 1 is 1.45 bits per heavy atom. The highest BCUT2D eigenvalue weighted by atomic mass is 32.1. The summed E-state index contributed by atoms with van der Waals surface area (Å²) in [6.45, 7) is 4.76. The van der Waals surface area contributed by atoms with Gasteiger partial charge in [-0.1, -0.05) is 30.3 Å². The molecular formula is C16H19N3O2S. The summed E-state index contributed by atoms with van der Waals surface area (Å²) in [5.74, 6) is -0.0867. The molecule has 1 aromatic carbocycles. The maximum absolute atomic E-state index is 11.0. The van der Waals surface area contributed by atoms with E-state index in [0.29, 0.717) is 5.13 Å². The van der Waals surface area contributed by atoms with Crippen LogP contribution in [-0.4, -0.2) is 35.5 Å². The minimum atomic E-state index is -0.0867. The smallest absolute Gasteiger partial charge is 0.223 e. The summed E-state index contributed by atoms with van der Waals surface area (Å²) >= 11 is 1.46. The van der Waals surface area contributed by atoms with Gasteiger partial charge in [0.2, 0.25) is 5.91 Å². The van der Waals surface area contributed by atoms with Crippen molar-refractivity contribution in [3.8, 4) is 0 Å². The van der Waals surface area contributed by atoms with Gasteiger partial charge in [-0.3, -0.25) is 9.69 Å². The maximum atomic E-state index is 11.0. The third-order valence-corrected chi connectivity index (χ3v) is 4.35. The highest BCUT2D eigenvalue weighted by molar-refractivity contribution is 7.13. The van der Waals surface area contributed by atoms with Crippen LogP contribution in [0.2, 0.25) is 0 Å². The fourth-order valence-electron chi connectivity index (χ4n) is 2.53. The van der Waals surface area contributed by atoms with Gasteiger partial charge in [0.15, 0.2) is 5.13 Å². The Balaban J connectivity index is 1.60. The summed E-state index contributed by atoms with van der Waals surface area (Å²) in [5.41, 5.74) is 2.20. The number of amides is 1. The zero-order valence-corrected chi connectivity index (χ0v) is 13.3. The fourth-order valence-corrected chi connectivity index (χ4v) is 3.28. The molecule has 1 aromatic heterocycles. The molecule has 1 amide bonds. The second-order valence-corrected chi connectivity index (χ2v) is 6.19. The molecule has 0 aliphatic carbocycles. The molecule has 2 heterocycles. The minimum Gasteiger partial charge on any atom is -0.371 e. The molecule has 0 saturated carbocycles. The minimum absolute atomic E-state index is 0.0867. The van der Waals surface area contributed by atoms with Crippen molar-refractivity contribution in [2.45, 2.75) is 19.6 Å². The molecule has 1 aliphatic rings. The van der Waals surface area contributed by atoms with Crippen molar-refractivity contribution in [1.29, 1.82) is 0 Å². The summed E-state index contributed by atoms with van der Waals surface area (Å²) in [6.07, 6.45) is 0.114. The van der Waals surface area contributed by atoms with Crippen LogP contribution in [0.25, 0.3) is 0 Å². The van der Waals surface area contributed by atoms with Gasteiger partial charge in [-0.25, -0.2) is 4.98 Å². The lowest BCUT2D eigenvalue weighted by Crippen LogP contribution is -2.37. The van der Waals surface area contributed by atoms with Crippen LogP contribution in [0, 0.1) is 0 Å². The van der Waals surface area contributed by atoms with Crippen molar-refractivity contribution < 1.29 is 9.53 Å². The zero-order valence-electron chi connectivity index (χ0n) is 12.5. The first-order chi connectivity index (χ1) is 10.7. The van der Waals surface area contributed by atoms with E-state index < -0.39 is 0 Å². The first kappa shape index (κ1) is 15.1. The van der Waals surface area contributed by atoms with Crippen molar-refractivity contribution in [2.24, 2.45) is 0 Å². The molecule has 1 fully saturated rings. The third kappa shape index (κ3) is 3.91. The molecule has 116 valence electrons. The maximum Gasteiger partial charge on any atom is 0.223 e. The van der Waals surface area contributed by atoms with Crippen molar-refractivity contribution in [3.05, 3.63) is 47.0 Å². The molecule has 0 bridgehead atoms. The number of anilines is 1. The van der Waals surface area contributed by atoms with Gasteiger partial charge in [-0.05, 0) is 5.56 Å². The topological polar surface area (TPSA) is 54.5 Å². The molecule has 2 aromatic rings. The number of nitrogens with one attached hydrogen (secondary N) is 1. The normalized spacial score (nSPS) is 19.0. The molecule has 5 nitrogen and oxygen atoms in total. The Hall–Kier alpha value is -1.76. The number of benzene rings is 1. The number of hydrogen-bond donors (Lipinski definition) is 1. The second-order valence-electron chi connectivity index (χ2n) is 5.33. The summed E-state index contributed by atoms with van der Waals surface area (Å²) in [6, 6.07) is 10.3. The van der Waals surface area contributed by atoms with Crippen molar-refractivity contribution in [2.75, 3.05) is 25.0 Å². The van der Waals surface area contributed by atoms with E-state index in [4.69, 9.17) is 4.74 Å². The van der Waals surface area contributed by atoms with Crippen molar-refractivity contribution in [3.63, 3.8) is 0 Å². The fraction of sp³-hybridized carbons (Fsp3) is 0.375. The highest BCUT2D eigenvalue weighted by Gasteiger charge is 2.22. The van der Waals surface area contributed by atoms with E-state index in [1.807, 2.05) is 23.6 Å². The lowest BCUT2D eigenvalue weighted by molar-refractivity contribution is -0.114. The Morgan fingerprint density at radius 2 is 2.27 bits per heavy atom. The summed E-state index contributed by atoms with van der Waals surface area (Å²) in [7, 11) is 0. The van der Waals surface area contributed by atoms with E-state index in [9.17, 15) is 4.79 Å². The number of morpholine rings is 1. The van der Waals surface area contributed by atoms with E-state index in [1.54, 1.807) is 0 Å². The molecule has 1 N–H and O–H groups in total. The first-order valence-electron chi connectivity index (χ1n) is 7.31. The van der Waals surface area contributed by atoms with E-state index >= 15 is 0 Å². The first-order valence-corrected chi connectivity index (χ1v) is 8.19. The van der Waals surface area contributed by atoms with Gasteiger partial charge in [0.25, 0.3) is 0 Å². The number of rotatable bonds is 4. The van der Waals surface area contributed by atoms with E-state index in [2.05, 4.69) is 27.3 Å². The molecule has 1 atom stereocenters. The highest BCUT2D eigenvalue weighted by Crippen LogP contribution is 2.24. The van der Waals surface area contributed by atoms with E-state index in [0.717, 1.165) is 31.9 Å². The van der Waals surface area contributed by atoms with Gasteiger partial charge < -0.3 is 10.1 Å². The Kier molecular flexibility index (Phi) is 4.82. The number of hydrogen-bond acceptors (Lipinski definition) is 5. The zero-order chi connectivity index (χ0) is 15.4. The molecule has 1 unspecified atom stereocenters. The number of carbonyl (C=O) groups excluding carboxylic acids is 1. The molecule has 0 radical (unpaired) electrons. The molecule has 1 saturated heterocycles. The standard InChI is InChI=1S/C16H19N3O2S/c1-12(20)17-16-18-14(11-22-16)9-19-7-8-21-15(10-19)13-5-3-2-4-6-13/h2-6,11,15H,7-10H2,1H3,(H,17,18,20). The summed E-state index contributed by atoms with van der Waals surface area (Å²) < 4.78 is 5.87. The molecular weight excluding hydrogens is 298 g/mol. The Labute approximate surface area is 133 Å². The molecule has 1 aliphatic heterocycles.